The summed E-state index contributed by atoms with van der Waals surface area (Å²) >= 11 is 0. The maximum atomic E-state index is 5.78. The number of ether oxygens (including phenoxy) is 3. The third-order valence-electron chi connectivity index (χ3n) is 4.41. The van der Waals surface area contributed by atoms with Crippen molar-refractivity contribution in [1.29, 1.82) is 0 Å². The van der Waals surface area contributed by atoms with E-state index in [0.29, 0.717) is 19.1 Å². The molecule has 0 bridgehead atoms. The van der Waals surface area contributed by atoms with Gasteiger partial charge in [0.15, 0.2) is 5.96 Å². The van der Waals surface area contributed by atoms with Crippen molar-refractivity contribution in [3.05, 3.63) is 35.9 Å². The van der Waals surface area contributed by atoms with Gasteiger partial charge in [0, 0.05) is 46.1 Å². The van der Waals surface area contributed by atoms with Crippen LogP contribution < -0.4 is 10.6 Å². The summed E-state index contributed by atoms with van der Waals surface area (Å²) in [4.78, 5) is 4.59. The fourth-order valence-electron chi connectivity index (χ4n) is 2.87. The zero-order chi connectivity index (χ0) is 19.0. The molecular formula is C21H36IN3O3. The predicted octanol–water partition coefficient (Wildman–Crippen LogP) is 3.21. The van der Waals surface area contributed by atoms with Crippen LogP contribution in [0, 0.1) is 5.92 Å². The highest BCUT2D eigenvalue weighted by molar-refractivity contribution is 14.0. The molecule has 0 amide bonds. The number of nitrogens with one attached hydrogen (secondary N) is 2. The Bertz CT molecular complexity index is 511. The first-order chi connectivity index (χ1) is 13.4. The molecule has 0 saturated carbocycles. The average Bonchev–Trinajstić information content (AvgIpc) is 2.71. The van der Waals surface area contributed by atoms with Crippen molar-refractivity contribution >= 4 is 29.9 Å². The van der Waals surface area contributed by atoms with Gasteiger partial charge in [0.25, 0.3) is 0 Å². The van der Waals surface area contributed by atoms with Crippen molar-refractivity contribution in [3.63, 3.8) is 0 Å². The van der Waals surface area contributed by atoms with Gasteiger partial charge in [0.05, 0.1) is 13.2 Å². The van der Waals surface area contributed by atoms with Gasteiger partial charge in [-0.05, 0) is 37.7 Å². The molecule has 1 aromatic rings. The Kier molecular flexibility index (Phi) is 15.3. The highest BCUT2D eigenvalue weighted by Gasteiger charge is 2.13. The van der Waals surface area contributed by atoms with Crippen molar-refractivity contribution in [2.75, 3.05) is 52.7 Å². The van der Waals surface area contributed by atoms with E-state index in [0.717, 1.165) is 71.3 Å². The normalized spacial score (nSPS) is 15.1. The quantitative estimate of drug-likeness (QED) is 0.198. The Hall–Kier alpha value is -0.900. The average molecular weight is 505 g/mol. The lowest BCUT2D eigenvalue weighted by molar-refractivity contribution is 0.0205. The van der Waals surface area contributed by atoms with Gasteiger partial charge in [-0.25, -0.2) is 0 Å². The minimum Gasteiger partial charge on any atom is -0.381 e. The summed E-state index contributed by atoms with van der Waals surface area (Å²) in [5.41, 5.74) is 1.19. The van der Waals surface area contributed by atoms with E-state index in [1.807, 2.05) is 18.2 Å². The van der Waals surface area contributed by atoms with Crippen molar-refractivity contribution in [3.8, 4) is 0 Å². The van der Waals surface area contributed by atoms with Gasteiger partial charge in [-0.2, -0.15) is 0 Å². The Morgan fingerprint density at radius 2 is 1.89 bits per heavy atom. The molecule has 2 rings (SSSR count). The van der Waals surface area contributed by atoms with Crippen LogP contribution in [-0.2, 0) is 20.8 Å². The lowest BCUT2D eigenvalue weighted by atomic mass is 10.0. The predicted molar refractivity (Wildman–Crippen MR) is 124 cm³/mol. The third-order valence-corrected chi connectivity index (χ3v) is 4.41. The van der Waals surface area contributed by atoms with Crippen LogP contribution in [-0.4, -0.2) is 58.6 Å². The van der Waals surface area contributed by atoms with Gasteiger partial charge in [-0.3, -0.25) is 4.99 Å². The molecule has 6 nitrogen and oxygen atoms in total. The molecule has 0 radical (unpaired) electrons. The molecule has 1 fully saturated rings. The second-order valence-corrected chi connectivity index (χ2v) is 6.71. The van der Waals surface area contributed by atoms with Crippen LogP contribution in [0.1, 0.15) is 31.7 Å². The minimum atomic E-state index is 0. The summed E-state index contributed by atoms with van der Waals surface area (Å²) in [6.07, 6.45) is 3.18. The number of hydrogen-bond acceptors (Lipinski definition) is 4. The largest absolute Gasteiger partial charge is 0.381 e. The van der Waals surface area contributed by atoms with Crippen molar-refractivity contribution in [2.45, 2.75) is 32.8 Å². The Morgan fingerprint density at radius 1 is 1.11 bits per heavy atom. The van der Waals surface area contributed by atoms with E-state index in [9.17, 15) is 0 Å². The third kappa shape index (κ3) is 11.8. The lowest BCUT2D eigenvalue weighted by Gasteiger charge is -2.21. The molecule has 1 aromatic carbocycles. The molecule has 0 aliphatic carbocycles. The summed E-state index contributed by atoms with van der Waals surface area (Å²) in [7, 11) is 0. The van der Waals surface area contributed by atoms with Crippen LogP contribution in [0.2, 0.25) is 0 Å². The zero-order valence-corrected chi connectivity index (χ0v) is 19.4. The molecule has 0 atom stereocenters. The summed E-state index contributed by atoms with van der Waals surface area (Å²) in [6, 6.07) is 10.2. The second kappa shape index (κ2) is 17.0. The Balaban J connectivity index is 0.00000392. The number of aliphatic imine (C=N–C) groups is 1. The first-order valence-electron chi connectivity index (χ1n) is 10.2. The number of hydrogen-bond donors (Lipinski definition) is 2. The highest BCUT2D eigenvalue weighted by Crippen LogP contribution is 2.14. The first kappa shape index (κ1) is 25.1. The smallest absolute Gasteiger partial charge is 0.191 e. The molecule has 2 N–H and O–H groups in total. The Morgan fingerprint density at radius 3 is 2.64 bits per heavy atom. The minimum absolute atomic E-state index is 0. The molecule has 1 aliphatic rings. The fraction of sp³-hybridized carbons (Fsp3) is 0.667. The van der Waals surface area contributed by atoms with Crippen LogP contribution in [0.4, 0.5) is 0 Å². The first-order valence-corrected chi connectivity index (χ1v) is 10.2. The Labute approximate surface area is 186 Å². The fourth-order valence-corrected chi connectivity index (χ4v) is 2.87. The summed E-state index contributed by atoms with van der Waals surface area (Å²) in [5, 5.41) is 6.57. The summed E-state index contributed by atoms with van der Waals surface area (Å²) in [5.74, 6) is 1.50. The van der Waals surface area contributed by atoms with Gasteiger partial charge in [0.2, 0.25) is 0 Å². The van der Waals surface area contributed by atoms with Crippen LogP contribution in [0.25, 0.3) is 0 Å². The van der Waals surface area contributed by atoms with Gasteiger partial charge in [-0.1, -0.05) is 30.3 Å². The molecule has 1 heterocycles. The number of benzene rings is 1. The molecule has 1 aliphatic heterocycles. The van der Waals surface area contributed by atoms with Crippen molar-refractivity contribution in [1.82, 2.24) is 10.6 Å². The number of rotatable bonds is 12. The van der Waals surface area contributed by atoms with Crippen LogP contribution in [0.5, 0.6) is 0 Å². The van der Waals surface area contributed by atoms with E-state index >= 15 is 0 Å². The molecule has 28 heavy (non-hydrogen) atoms. The lowest BCUT2D eigenvalue weighted by Crippen LogP contribution is -2.39. The molecule has 0 unspecified atom stereocenters. The monoisotopic (exact) mass is 505 g/mol. The maximum Gasteiger partial charge on any atom is 0.191 e. The molecule has 7 heteroatoms. The topological polar surface area (TPSA) is 64.1 Å². The van der Waals surface area contributed by atoms with Crippen LogP contribution >= 0.6 is 24.0 Å². The highest BCUT2D eigenvalue weighted by atomic mass is 127. The van der Waals surface area contributed by atoms with Gasteiger partial charge >= 0.3 is 0 Å². The van der Waals surface area contributed by atoms with E-state index in [1.165, 1.54) is 5.56 Å². The standard InChI is InChI=1S/C21H35N3O3.HI/c1-2-22-21(24-12-16-27-17-19-7-4-3-5-8-19)23-11-6-13-26-18-20-9-14-25-15-10-20;/h3-5,7-8,20H,2,6,9-18H2,1H3,(H2,22,23,24);1H. The molecule has 160 valence electrons. The summed E-state index contributed by atoms with van der Waals surface area (Å²) in [6.45, 7) is 9.07. The van der Waals surface area contributed by atoms with E-state index in [-0.39, 0.29) is 24.0 Å². The molecule has 0 spiro atoms. The van der Waals surface area contributed by atoms with E-state index < -0.39 is 0 Å². The molecule has 1 saturated heterocycles. The second-order valence-electron chi connectivity index (χ2n) is 6.71. The van der Waals surface area contributed by atoms with Crippen LogP contribution in [0.3, 0.4) is 0 Å². The van der Waals surface area contributed by atoms with Crippen molar-refractivity contribution < 1.29 is 14.2 Å². The van der Waals surface area contributed by atoms with E-state index in [2.05, 4.69) is 34.7 Å². The number of halogens is 1. The zero-order valence-electron chi connectivity index (χ0n) is 17.0. The number of nitrogens with zero attached hydrogens (tertiary/aromatic N) is 1. The maximum absolute atomic E-state index is 5.78. The van der Waals surface area contributed by atoms with E-state index in [4.69, 9.17) is 14.2 Å². The SMILES string of the molecule is CCNC(=NCCCOCC1CCOCC1)NCCOCc1ccccc1.I. The van der Waals surface area contributed by atoms with E-state index in [1.54, 1.807) is 0 Å². The molecular weight excluding hydrogens is 469 g/mol. The van der Waals surface area contributed by atoms with Crippen LogP contribution in [0.15, 0.2) is 35.3 Å². The van der Waals surface area contributed by atoms with Gasteiger partial charge in [0.1, 0.15) is 0 Å². The van der Waals surface area contributed by atoms with Gasteiger partial charge < -0.3 is 24.8 Å². The van der Waals surface area contributed by atoms with Gasteiger partial charge in [-0.15, -0.1) is 24.0 Å². The van der Waals surface area contributed by atoms with Crippen molar-refractivity contribution in [2.24, 2.45) is 10.9 Å². The molecule has 0 aromatic heterocycles. The number of guanidine groups is 1. The summed E-state index contributed by atoms with van der Waals surface area (Å²) < 4.78 is 16.8.